The fraction of sp³-hybridized carbons (Fsp3) is 0.167. The number of rotatable bonds is 4. The number of carboxylic acids is 1. The van der Waals surface area contributed by atoms with Gasteiger partial charge in [0.15, 0.2) is 5.69 Å². The van der Waals surface area contributed by atoms with Crippen LogP contribution in [0, 0.1) is 0 Å². The van der Waals surface area contributed by atoms with Crippen molar-refractivity contribution in [1.29, 1.82) is 0 Å². The third kappa shape index (κ3) is 2.55. The molecule has 0 spiro atoms. The number of benzene rings is 1. The summed E-state index contributed by atoms with van der Waals surface area (Å²) in [7, 11) is 0. The van der Waals surface area contributed by atoms with E-state index < -0.39 is 5.97 Å². The quantitative estimate of drug-likeness (QED) is 0.842. The lowest BCUT2D eigenvalue weighted by Gasteiger charge is -2.00. The van der Waals surface area contributed by atoms with E-state index in [9.17, 15) is 4.79 Å². The Morgan fingerprint density at radius 2 is 2.11 bits per heavy atom. The maximum absolute atomic E-state index is 11.1. The van der Waals surface area contributed by atoms with Gasteiger partial charge < -0.3 is 10.8 Å². The predicted octanol–water partition coefficient (Wildman–Crippen LogP) is 2.69. The lowest BCUT2D eigenvalue weighted by atomic mass is 10.1. The number of nitrogens with zero attached hydrogens (tertiary/aromatic N) is 1. The van der Waals surface area contributed by atoms with Gasteiger partial charge in [0.05, 0.1) is 4.88 Å². The average molecular weight is 280 g/mol. The second-order valence-corrected chi connectivity index (χ2v) is 5.49. The van der Waals surface area contributed by atoms with Gasteiger partial charge in [-0.3, -0.25) is 0 Å². The maximum atomic E-state index is 11.1. The van der Waals surface area contributed by atoms with Crippen LogP contribution in [0.4, 0.5) is 0 Å². The van der Waals surface area contributed by atoms with Gasteiger partial charge in [0, 0.05) is 11.4 Å². The average Bonchev–Trinajstić information content (AvgIpc) is 2.83. The highest BCUT2D eigenvalue weighted by Crippen LogP contribution is 2.31. The second-order valence-electron chi connectivity index (χ2n) is 3.52. The summed E-state index contributed by atoms with van der Waals surface area (Å²) >= 11 is 2.97. The molecule has 94 valence electrons. The molecular formula is C12H12N2O2S2. The molecule has 1 heterocycles. The summed E-state index contributed by atoms with van der Waals surface area (Å²) in [4.78, 5) is 17.0. The van der Waals surface area contributed by atoms with Crippen LogP contribution in [0.3, 0.4) is 0 Å². The Labute approximate surface area is 113 Å². The molecule has 0 atom stereocenters. The number of hydrogen-bond donors (Lipinski definition) is 2. The molecule has 0 radical (unpaired) electrons. The SMILES string of the molecule is CSc1ccc(-c2sc(CN)nc2C(=O)O)cc1. The van der Waals surface area contributed by atoms with E-state index in [4.69, 9.17) is 10.8 Å². The first-order chi connectivity index (χ1) is 8.65. The summed E-state index contributed by atoms with van der Waals surface area (Å²) in [6.45, 7) is 0.258. The van der Waals surface area contributed by atoms with Crippen LogP contribution < -0.4 is 5.73 Å². The van der Waals surface area contributed by atoms with Gasteiger partial charge in [0.2, 0.25) is 0 Å². The minimum atomic E-state index is -1.02. The smallest absolute Gasteiger partial charge is 0.356 e. The lowest BCUT2D eigenvalue weighted by Crippen LogP contribution is -2.01. The fourth-order valence-corrected chi connectivity index (χ4v) is 2.88. The van der Waals surface area contributed by atoms with Crippen molar-refractivity contribution in [1.82, 2.24) is 4.98 Å². The van der Waals surface area contributed by atoms with Gasteiger partial charge in [-0.05, 0) is 24.0 Å². The molecule has 1 aromatic carbocycles. The Morgan fingerprint density at radius 1 is 1.44 bits per heavy atom. The Kier molecular flexibility index (Phi) is 4.00. The zero-order chi connectivity index (χ0) is 13.1. The van der Waals surface area contributed by atoms with Crippen LogP contribution in [-0.2, 0) is 6.54 Å². The van der Waals surface area contributed by atoms with E-state index in [0.717, 1.165) is 10.5 Å². The predicted molar refractivity (Wildman–Crippen MR) is 74.2 cm³/mol. The number of hydrogen-bond acceptors (Lipinski definition) is 5. The molecule has 0 bridgehead atoms. The van der Waals surface area contributed by atoms with Crippen LogP contribution >= 0.6 is 23.1 Å². The number of carboxylic acid groups (broad SMARTS) is 1. The van der Waals surface area contributed by atoms with Crippen LogP contribution in [0.15, 0.2) is 29.2 Å². The third-order valence-corrected chi connectivity index (χ3v) is 4.27. The molecule has 2 aromatic rings. The zero-order valence-corrected chi connectivity index (χ0v) is 11.3. The monoisotopic (exact) mass is 280 g/mol. The molecule has 0 aliphatic heterocycles. The van der Waals surface area contributed by atoms with Crippen molar-refractivity contribution in [2.45, 2.75) is 11.4 Å². The number of aromatic nitrogens is 1. The highest BCUT2D eigenvalue weighted by atomic mass is 32.2. The van der Waals surface area contributed by atoms with E-state index in [1.54, 1.807) is 11.8 Å². The summed E-state index contributed by atoms with van der Waals surface area (Å²) in [6.07, 6.45) is 2.00. The summed E-state index contributed by atoms with van der Waals surface area (Å²) < 4.78 is 0. The van der Waals surface area contributed by atoms with Crippen LogP contribution in [0.1, 0.15) is 15.5 Å². The van der Waals surface area contributed by atoms with Gasteiger partial charge >= 0.3 is 5.97 Å². The Morgan fingerprint density at radius 3 is 2.61 bits per heavy atom. The number of thiazole rings is 1. The van der Waals surface area contributed by atoms with Gasteiger partial charge in [-0.15, -0.1) is 23.1 Å². The highest BCUT2D eigenvalue weighted by molar-refractivity contribution is 7.98. The van der Waals surface area contributed by atoms with Gasteiger partial charge in [0.1, 0.15) is 5.01 Å². The van der Waals surface area contributed by atoms with Crippen molar-refractivity contribution in [3.8, 4) is 10.4 Å². The maximum Gasteiger partial charge on any atom is 0.356 e. The molecule has 0 aliphatic rings. The molecule has 0 saturated heterocycles. The standard InChI is InChI=1S/C12H12N2O2S2/c1-17-8-4-2-7(3-5-8)11-10(12(15)16)14-9(6-13)18-11/h2-5H,6,13H2,1H3,(H,15,16). The molecular weight excluding hydrogens is 268 g/mol. The molecule has 0 aliphatic carbocycles. The van der Waals surface area contributed by atoms with Crippen LogP contribution in [0.25, 0.3) is 10.4 Å². The number of nitrogens with two attached hydrogens (primary N) is 1. The van der Waals surface area contributed by atoms with Gasteiger partial charge in [-0.1, -0.05) is 12.1 Å². The van der Waals surface area contributed by atoms with Crippen LogP contribution in [0.2, 0.25) is 0 Å². The second kappa shape index (κ2) is 5.51. The van der Waals surface area contributed by atoms with Crippen molar-refractivity contribution < 1.29 is 9.90 Å². The van der Waals surface area contributed by atoms with Crippen molar-refractivity contribution in [2.75, 3.05) is 6.26 Å². The van der Waals surface area contributed by atoms with Crippen LogP contribution in [0.5, 0.6) is 0 Å². The normalized spacial score (nSPS) is 10.6. The molecule has 0 unspecified atom stereocenters. The molecule has 2 rings (SSSR count). The van der Waals surface area contributed by atoms with Crippen molar-refractivity contribution in [2.24, 2.45) is 5.73 Å². The topological polar surface area (TPSA) is 76.2 Å². The van der Waals surface area contributed by atoms with E-state index in [1.807, 2.05) is 30.5 Å². The summed E-state index contributed by atoms with van der Waals surface area (Å²) in [5.74, 6) is -1.02. The summed E-state index contributed by atoms with van der Waals surface area (Å²) in [6, 6.07) is 7.75. The first-order valence-corrected chi connectivity index (χ1v) is 7.27. The summed E-state index contributed by atoms with van der Waals surface area (Å²) in [5.41, 5.74) is 6.45. The van der Waals surface area contributed by atoms with E-state index >= 15 is 0 Å². The first-order valence-electron chi connectivity index (χ1n) is 5.23. The molecule has 6 heteroatoms. The van der Waals surface area contributed by atoms with Gasteiger partial charge in [-0.2, -0.15) is 0 Å². The van der Waals surface area contributed by atoms with E-state index in [2.05, 4.69) is 4.98 Å². The first kappa shape index (κ1) is 13.1. The van der Waals surface area contributed by atoms with Crippen molar-refractivity contribution in [3.05, 3.63) is 35.0 Å². The Balaban J connectivity index is 2.47. The molecule has 0 fully saturated rings. The Bertz CT molecular complexity index is 564. The molecule has 3 N–H and O–H groups in total. The van der Waals surface area contributed by atoms with E-state index in [1.165, 1.54) is 11.3 Å². The molecule has 4 nitrogen and oxygen atoms in total. The van der Waals surface area contributed by atoms with Crippen molar-refractivity contribution in [3.63, 3.8) is 0 Å². The largest absolute Gasteiger partial charge is 0.476 e. The van der Waals surface area contributed by atoms with E-state index in [-0.39, 0.29) is 12.2 Å². The third-order valence-electron chi connectivity index (χ3n) is 2.40. The minimum Gasteiger partial charge on any atom is -0.476 e. The van der Waals surface area contributed by atoms with Crippen molar-refractivity contribution >= 4 is 29.1 Å². The van der Waals surface area contributed by atoms with E-state index in [0.29, 0.717) is 9.88 Å². The lowest BCUT2D eigenvalue weighted by molar-refractivity contribution is 0.0692. The van der Waals surface area contributed by atoms with Crippen LogP contribution in [-0.4, -0.2) is 22.3 Å². The number of carbonyl (C=O) groups is 1. The Hall–Kier alpha value is -1.37. The zero-order valence-electron chi connectivity index (χ0n) is 9.71. The highest BCUT2D eigenvalue weighted by Gasteiger charge is 2.18. The summed E-state index contributed by atoms with van der Waals surface area (Å²) in [5, 5.41) is 9.77. The molecule has 1 aromatic heterocycles. The molecule has 0 amide bonds. The van der Waals surface area contributed by atoms with Gasteiger partial charge in [0.25, 0.3) is 0 Å². The molecule has 18 heavy (non-hydrogen) atoms. The number of aromatic carboxylic acids is 1. The number of thioether (sulfide) groups is 1. The fourth-order valence-electron chi connectivity index (χ4n) is 1.53. The van der Waals surface area contributed by atoms with Gasteiger partial charge in [-0.25, -0.2) is 9.78 Å². The molecule has 0 saturated carbocycles. The minimum absolute atomic E-state index is 0.0809.